The molecule has 1 saturated heterocycles. The van der Waals surface area contributed by atoms with Crippen LogP contribution in [0.3, 0.4) is 0 Å². The molecule has 2 aliphatic heterocycles. The van der Waals surface area contributed by atoms with E-state index in [1.54, 1.807) is 77.7 Å². The maximum Gasteiger partial charge on any atom is 0.416 e. The molecule has 5 aromatic rings. The van der Waals surface area contributed by atoms with Crippen LogP contribution in [0.25, 0.3) is 22.6 Å². The summed E-state index contributed by atoms with van der Waals surface area (Å²) in [6.45, 7) is 1.40. The molecule has 238 valence electrons. The lowest BCUT2D eigenvalue weighted by molar-refractivity contribution is -0.137. The molecule has 13 heteroatoms. The van der Waals surface area contributed by atoms with Gasteiger partial charge in [0, 0.05) is 29.9 Å². The summed E-state index contributed by atoms with van der Waals surface area (Å²) in [5, 5.41) is 2.95. The Labute approximate surface area is 266 Å². The van der Waals surface area contributed by atoms with Crippen molar-refractivity contribution >= 4 is 29.2 Å². The first-order valence-electron chi connectivity index (χ1n) is 14.8. The highest BCUT2D eigenvalue weighted by atomic mass is 19.4. The largest absolute Gasteiger partial charge is 0.439 e. The molecule has 2 aromatic heterocycles. The molecule has 1 atom stereocenters. The molecule has 2 amide bonds. The standard InChI is InChI=1S/C34H27F3N6O4/c35-34(36,37)24-10-4-8-22(16-24)27-12-13-28-31(41-27)43(26-14-15-42(28)20-26)33(45)40-25-11-5-9-23(17-25)29-18-38-30(46-29)19-39-47-32(44)21-6-2-1-3-7-21/h1-13,16-18,26,39H,14-15,19-20H2,(H,40,45). The second kappa shape index (κ2) is 12.2. The SMILES string of the molecule is O=C(ONCc1ncc(-c2cccc(NC(=O)N3c4nc(-c5cccc(C(F)(F)F)c5)ccc4N4CCC3C4)c2)o1)c1ccccc1. The number of oxazole rings is 1. The van der Waals surface area contributed by atoms with Crippen LogP contribution < -0.4 is 20.6 Å². The number of amides is 2. The van der Waals surface area contributed by atoms with Gasteiger partial charge in [-0.1, -0.05) is 42.5 Å². The minimum absolute atomic E-state index is 0.0390. The number of benzene rings is 3. The Morgan fingerprint density at radius 1 is 0.957 bits per heavy atom. The number of halogens is 3. The van der Waals surface area contributed by atoms with E-state index in [0.29, 0.717) is 46.2 Å². The Morgan fingerprint density at radius 3 is 2.60 bits per heavy atom. The van der Waals surface area contributed by atoms with Crippen LogP contribution in [0.5, 0.6) is 0 Å². The molecule has 0 aliphatic carbocycles. The van der Waals surface area contributed by atoms with E-state index in [1.807, 2.05) is 0 Å². The third kappa shape index (κ3) is 6.25. The zero-order chi connectivity index (χ0) is 32.5. The van der Waals surface area contributed by atoms with Crippen molar-refractivity contribution in [3.63, 3.8) is 0 Å². The fraction of sp³-hybridized carbons (Fsp3) is 0.176. The van der Waals surface area contributed by atoms with Crippen molar-refractivity contribution in [2.24, 2.45) is 0 Å². The van der Waals surface area contributed by atoms with Crippen LogP contribution in [-0.2, 0) is 17.6 Å². The van der Waals surface area contributed by atoms with Gasteiger partial charge in [-0.2, -0.15) is 13.2 Å². The van der Waals surface area contributed by atoms with E-state index in [-0.39, 0.29) is 18.5 Å². The number of carbonyl (C=O) groups excluding carboxylic acids is 2. The summed E-state index contributed by atoms with van der Waals surface area (Å²) in [5.74, 6) is 0.579. The van der Waals surface area contributed by atoms with Gasteiger partial charge in [-0.15, -0.1) is 5.48 Å². The second-order valence-electron chi connectivity index (χ2n) is 11.1. The van der Waals surface area contributed by atoms with Gasteiger partial charge in [0.15, 0.2) is 11.6 Å². The highest BCUT2D eigenvalue weighted by Gasteiger charge is 2.40. The van der Waals surface area contributed by atoms with Crippen molar-refractivity contribution in [1.29, 1.82) is 0 Å². The summed E-state index contributed by atoms with van der Waals surface area (Å²) in [6, 6.07) is 23.5. The minimum Gasteiger partial charge on any atom is -0.439 e. The fourth-order valence-electron chi connectivity index (χ4n) is 5.74. The molecular formula is C34H27F3N6O4. The fourth-order valence-corrected chi connectivity index (χ4v) is 5.74. The number of anilines is 3. The highest BCUT2D eigenvalue weighted by Crippen LogP contribution is 2.41. The molecule has 0 saturated carbocycles. The van der Waals surface area contributed by atoms with Crippen LogP contribution in [0.15, 0.2) is 102 Å². The number of aromatic nitrogens is 2. The van der Waals surface area contributed by atoms with E-state index in [1.165, 1.54) is 12.3 Å². The minimum atomic E-state index is -4.49. The third-order valence-electron chi connectivity index (χ3n) is 8.01. The third-order valence-corrected chi connectivity index (χ3v) is 8.01. The Bertz CT molecular complexity index is 1950. The van der Waals surface area contributed by atoms with Gasteiger partial charge in [-0.3, -0.25) is 4.90 Å². The monoisotopic (exact) mass is 640 g/mol. The predicted molar refractivity (Wildman–Crippen MR) is 167 cm³/mol. The number of hydrogen-bond acceptors (Lipinski definition) is 8. The van der Waals surface area contributed by atoms with Crippen LogP contribution in [0.2, 0.25) is 0 Å². The maximum atomic E-state index is 13.8. The highest BCUT2D eigenvalue weighted by molar-refractivity contribution is 6.05. The van der Waals surface area contributed by atoms with Crippen molar-refractivity contribution in [1.82, 2.24) is 15.4 Å². The molecule has 2 aliphatic rings. The summed E-state index contributed by atoms with van der Waals surface area (Å²) in [6.07, 6.45) is -2.24. The number of hydroxylamine groups is 1. The Hall–Kier alpha value is -5.69. The van der Waals surface area contributed by atoms with Crippen LogP contribution in [0, 0.1) is 0 Å². The number of urea groups is 1. The molecule has 4 heterocycles. The van der Waals surface area contributed by atoms with Crippen molar-refractivity contribution in [2.45, 2.75) is 25.2 Å². The molecule has 10 nitrogen and oxygen atoms in total. The van der Waals surface area contributed by atoms with E-state index >= 15 is 0 Å². The lowest BCUT2D eigenvalue weighted by Gasteiger charge is -2.36. The van der Waals surface area contributed by atoms with Gasteiger partial charge < -0.3 is 19.5 Å². The maximum absolute atomic E-state index is 13.8. The number of pyridine rings is 1. The molecule has 7 rings (SSSR count). The normalized spacial score (nSPS) is 15.3. The van der Waals surface area contributed by atoms with E-state index in [4.69, 9.17) is 14.2 Å². The van der Waals surface area contributed by atoms with Gasteiger partial charge in [0.25, 0.3) is 0 Å². The van der Waals surface area contributed by atoms with Gasteiger partial charge >= 0.3 is 18.2 Å². The van der Waals surface area contributed by atoms with E-state index < -0.39 is 23.7 Å². The number of nitrogens with one attached hydrogen (secondary N) is 2. The molecule has 1 fully saturated rings. The van der Waals surface area contributed by atoms with Gasteiger partial charge in [0.1, 0.15) is 6.54 Å². The molecule has 2 N–H and O–H groups in total. The van der Waals surface area contributed by atoms with Crippen molar-refractivity contribution in [2.75, 3.05) is 28.2 Å². The van der Waals surface area contributed by atoms with Crippen molar-refractivity contribution < 1.29 is 32.0 Å². The molecule has 1 unspecified atom stereocenters. The number of nitrogens with zero attached hydrogens (tertiary/aromatic N) is 4. The first-order valence-corrected chi connectivity index (χ1v) is 14.8. The van der Waals surface area contributed by atoms with Gasteiger partial charge in [0.2, 0.25) is 5.89 Å². The zero-order valence-electron chi connectivity index (χ0n) is 24.7. The summed E-state index contributed by atoms with van der Waals surface area (Å²) >= 11 is 0. The van der Waals surface area contributed by atoms with Gasteiger partial charge in [-0.05, 0) is 55.0 Å². The van der Waals surface area contributed by atoms with Crippen LogP contribution in [0.1, 0.15) is 28.2 Å². The summed E-state index contributed by atoms with van der Waals surface area (Å²) in [5.41, 5.74) is 4.72. The van der Waals surface area contributed by atoms with Crippen molar-refractivity contribution in [3.05, 3.63) is 114 Å². The Morgan fingerprint density at radius 2 is 1.77 bits per heavy atom. The summed E-state index contributed by atoms with van der Waals surface area (Å²) in [4.78, 5) is 43.7. The number of carbonyl (C=O) groups is 2. The first-order chi connectivity index (χ1) is 22.7. The lowest BCUT2D eigenvalue weighted by Crippen LogP contribution is -2.48. The van der Waals surface area contributed by atoms with Crippen LogP contribution in [-0.4, -0.2) is 41.1 Å². The van der Waals surface area contributed by atoms with Crippen molar-refractivity contribution in [3.8, 4) is 22.6 Å². The number of fused-ring (bicyclic) bond motifs is 4. The second-order valence-corrected chi connectivity index (χ2v) is 11.1. The molecule has 3 aromatic carbocycles. The number of rotatable bonds is 7. The molecule has 0 spiro atoms. The smallest absolute Gasteiger partial charge is 0.416 e. The molecular weight excluding hydrogens is 613 g/mol. The van der Waals surface area contributed by atoms with Crippen LogP contribution in [0.4, 0.5) is 35.2 Å². The number of hydrogen-bond donors (Lipinski definition) is 2. The molecule has 0 radical (unpaired) electrons. The first kappa shape index (κ1) is 30.0. The molecule has 2 bridgehead atoms. The average molecular weight is 641 g/mol. The quantitative estimate of drug-likeness (QED) is 0.185. The average Bonchev–Trinajstić information content (AvgIpc) is 3.73. The van der Waals surface area contributed by atoms with E-state index in [9.17, 15) is 22.8 Å². The predicted octanol–water partition coefficient (Wildman–Crippen LogP) is 6.91. The summed E-state index contributed by atoms with van der Waals surface area (Å²) < 4.78 is 46.0. The molecule has 47 heavy (non-hydrogen) atoms. The Kier molecular flexibility index (Phi) is 7.82. The Balaban J connectivity index is 1.07. The number of alkyl halides is 3. The zero-order valence-corrected chi connectivity index (χ0v) is 24.7. The lowest BCUT2D eigenvalue weighted by atomic mass is 10.1. The van der Waals surface area contributed by atoms with E-state index in [2.05, 4.69) is 20.7 Å². The van der Waals surface area contributed by atoms with Gasteiger partial charge in [-0.25, -0.2) is 19.6 Å². The topological polar surface area (TPSA) is 113 Å². The van der Waals surface area contributed by atoms with Crippen LogP contribution >= 0.6 is 0 Å². The van der Waals surface area contributed by atoms with E-state index in [0.717, 1.165) is 30.8 Å². The summed E-state index contributed by atoms with van der Waals surface area (Å²) in [7, 11) is 0. The van der Waals surface area contributed by atoms with Gasteiger partial charge in [0.05, 0.1) is 34.7 Å².